The minimum Gasteiger partial charge on any atom is -0.387 e. The molecule has 5 rings (SSSR count). The molecule has 1 aliphatic carbocycles. The monoisotopic (exact) mass is 512 g/mol. The van der Waals surface area contributed by atoms with Gasteiger partial charge < -0.3 is 30.9 Å². The summed E-state index contributed by atoms with van der Waals surface area (Å²) in [6.07, 6.45) is 0.551. The molecule has 3 aromatic heterocycles. The van der Waals surface area contributed by atoms with Crippen LogP contribution in [-0.2, 0) is 9.53 Å². The van der Waals surface area contributed by atoms with Crippen LogP contribution in [0.3, 0.4) is 0 Å². The summed E-state index contributed by atoms with van der Waals surface area (Å²) >= 11 is 1.29. The number of carbonyl (C=O) groups is 2. The molecule has 4 atom stereocenters. The number of nitrogens with zero attached hydrogens (tertiary/aromatic N) is 6. The maximum Gasteiger partial charge on any atom is 0.266 e. The molecule has 36 heavy (non-hydrogen) atoms. The molecule has 2 amide bonds. The average Bonchev–Trinajstić information content (AvgIpc) is 3.57. The Hall–Kier alpha value is -3.64. The second-order valence-corrected chi connectivity index (χ2v) is 9.37. The number of likely N-dealkylation sites (N-methyl/N-ethyl adjacent to an activating group) is 1. The quantitative estimate of drug-likeness (QED) is 0.318. The van der Waals surface area contributed by atoms with Gasteiger partial charge in [0.15, 0.2) is 23.8 Å². The number of fused-ring (bicyclic) bond motifs is 1. The van der Waals surface area contributed by atoms with Crippen LogP contribution < -0.4 is 11.1 Å². The van der Waals surface area contributed by atoms with E-state index in [9.17, 15) is 19.8 Å². The number of anilines is 1. The van der Waals surface area contributed by atoms with Crippen LogP contribution in [-0.4, -0.2) is 89.4 Å². The Morgan fingerprint density at radius 2 is 2.14 bits per heavy atom. The van der Waals surface area contributed by atoms with Crippen LogP contribution in [0.2, 0.25) is 0 Å². The number of hydrogen-bond donors (Lipinski definition) is 4. The molecule has 14 heteroatoms. The topological polar surface area (TPSA) is 182 Å². The number of thiazole rings is 1. The first-order valence-electron chi connectivity index (χ1n) is 11.3. The van der Waals surface area contributed by atoms with Crippen LogP contribution >= 0.6 is 11.3 Å². The van der Waals surface area contributed by atoms with E-state index in [1.807, 2.05) is 0 Å². The summed E-state index contributed by atoms with van der Waals surface area (Å²) in [5, 5.41) is 23.2. The predicted molar refractivity (Wildman–Crippen MR) is 127 cm³/mol. The van der Waals surface area contributed by atoms with Gasteiger partial charge in [0.05, 0.1) is 24.6 Å². The highest BCUT2D eigenvalue weighted by Crippen LogP contribution is 2.32. The van der Waals surface area contributed by atoms with E-state index in [0.29, 0.717) is 4.88 Å². The summed E-state index contributed by atoms with van der Waals surface area (Å²) in [5.74, 6) is 5.31. The first kappa shape index (κ1) is 24.1. The Labute approximate surface area is 209 Å². The van der Waals surface area contributed by atoms with Crippen molar-refractivity contribution in [2.75, 3.05) is 19.3 Å². The zero-order valence-corrected chi connectivity index (χ0v) is 20.1. The molecular formula is C22H24N8O5S. The first-order chi connectivity index (χ1) is 17.4. The summed E-state index contributed by atoms with van der Waals surface area (Å²) in [5.41, 5.74) is 8.16. The minimum absolute atomic E-state index is 0.0653. The molecule has 2 aliphatic rings. The Kier molecular flexibility index (Phi) is 6.54. The zero-order valence-electron chi connectivity index (χ0n) is 19.2. The summed E-state index contributed by atoms with van der Waals surface area (Å²) in [6.45, 7) is 0.187. The van der Waals surface area contributed by atoms with Crippen LogP contribution in [0, 0.1) is 11.8 Å². The lowest BCUT2D eigenvalue weighted by Gasteiger charge is -2.36. The van der Waals surface area contributed by atoms with E-state index in [-0.39, 0.29) is 41.3 Å². The maximum absolute atomic E-state index is 12.9. The van der Waals surface area contributed by atoms with E-state index >= 15 is 0 Å². The lowest BCUT2D eigenvalue weighted by molar-refractivity contribution is -0.137. The van der Waals surface area contributed by atoms with Crippen LogP contribution in [0.4, 0.5) is 5.82 Å². The van der Waals surface area contributed by atoms with Gasteiger partial charge in [0.1, 0.15) is 22.6 Å². The van der Waals surface area contributed by atoms with Gasteiger partial charge in [-0.05, 0) is 25.2 Å². The summed E-state index contributed by atoms with van der Waals surface area (Å²) < 4.78 is 6.99. The highest BCUT2D eigenvalue weighted by atomic mass is 32.1. The standard InChI is InChI=1S/C22H24N8O5S/c1-24-20(33)17-15(31)16(32)22(35-17)30-9-26-14-18(23)27-13(28-19(14)30)6-3-7-29(11-4-2-5-11)21(34)12-8-25-10-36-12/h8-11,15-17,22,31-32H,2,4-5,7H2,1H3,(H,24,33)(H2,23,27,28)/t15?,16-,17+,22-/m1/s1. The van der Waals surface area contributed by atoms with Gasteiger partial charge in [0.2, 0.25) is 5.82 Å². The molecule has 2 fully saturated rings. The fraction of sp³-hybridized carbons (Fsp3) is 0.455. The van der Waals surface area contributed by atoms with Gasteiger partial charge in [-0.25, -0.2) is 15.0 Å². The number of aliphatic hydroxyl groups is 2. The molecule has 0 bridgehead atoms. The predicted octanol–water partition coefficient (Wildman–Crippen LogP) is -0.723. The highest BCUT2D eigenvalue weighted by molar-refractivity contribution is 7.11. The third-order valence-corrected chi connectivity index (χ3v) is 7.10. The molecule has 0 aromatic carbocycles. The molecule has 3 aromatic rings. The number of carbonyl (C=O) groups excluding carboxylic acids is 2. The molecular weight excluding hydrogens is 488 g/mol. The number of aromatic nitrogens is 5. The number of hydrogen-bond acceptors (Lipinski definition) is 11. The number of ether oxygens (including phenoxy) is 1. The van der Waals surface area contributed by atoms with Crippen molar-refractivity contribution in [2.24, 2.45) is 0 Å². The molecule has 1 saturated heterocycles. The number of rotatable bonds is 5. The van der Waals surface area contributed by atoms with Gasteiger partial charge in [-0.3, -0.25) is 19.1 Å². The minimum atomic E-state index is -1.44. The van der Waals surface area contributed by atoms with E-state index < -0.39 is 30.4 Å². The van der Waals surface area contributed by atoms with Crippen molar-refractivity contribution in [3.63, 3.8) is 0 Å². The van der Waals surface area contributed by atoms with Gasteiger partial charge in [-0.1, -0.05) is 5.92 Å². The molecule has 1 saturated carbocycles. The van der Waals surface area contributed by atoms with Crippen molar-refractivity contribution in [3.8, 4) is 11.8 Å². The summed E-state index contributed by atoms with van der Waals surface area (Å²) in [4.78, 5) is 44.0. The zero-order chi connectivity index (χ0) is 25.4. The van der Waals surface area contributed by atoms with Crippen molar-refractivity contribution in [1.82, 2.24) is 34.7 Å². The highest BCUT2D eigenvalue weighted by Gasteiger charge is 2.47. The van der Waals surface area contributed by atoms with Gasteiger partial charge in [0.25, 0.3) is 11.8 Å². The van der Waals surface area contributed by atoms with E-state index in [1.165, 1.54) is 29.3 Å². The van der Waals surface area contributed by atoms with Crippen molar-refractivity contribution in [2.45, 2.75) is 49.8 Å². The Morgan fingerprint density at radius 1 is 1.33 bits per heavy atom. The molecule has 5 N–H and O–H groups in total. The van der Waals surface area contributed by atoms with Gasteiger partial charge in [-0.15, -0.1) is 11.3 Å². The average molecular weight is 513 g/mol. The molecule has 0 spiro atoms. The van der Waals surface area contributed by atoms with Crippen LogP contribution in [0.5, 0.6) is 0 Å². The molecule has 0 radical (unpaired) electrons. The van der Waals surface area contributed by atoms with E-state index in [4.69, 9.17) is 10.5 Å². The lowest BCUT2D eigenvalue weighted by atomic mass is 9.91. The van der Waals surface area contributed by atoms with Gasteiger partial charge in [0, 0.05) is 13.1 Å². The SMILES string of the molecule is CNC(=O)[C@H]1O[C@@H](n2cnc3c(N)nc(C#CCN(C(=O)c4cncs4)C4CCC4)nc32)[C@H](O)C1O. The van der Waals surface area contributed by atoms with Crippen LogP contribution in [0.25, 0.3) is 11.2 Å². The van der Waals surface area contributed by atoms with Crippen molar-refractivity contribution in [3.05, 3.63) is 28.7 Å². The van der Waals surface area contributed by atoms with Crippen molar-refractivity contribution >= 4 is 40.1 Å². The number of nitrogen functional groups attached to an aromatic ring is 1. The first-order valence-corrected chi connectivity index (χ1v) is 12.2. The van der Waals surface area contributed by atoms with E-state index in [0.717, 1.165) is 19.3 Å². The Bertz CT molecular complexity index is 1350. The van der Waals surface area contributed by atoms with Gasteiger partial charge in [-0.2, -0.15) is 0 Å². The molecule has 1 aliphatic heterocycles. The number of imidazole rings is 1. The largest absolute Gasteiger partial charge is 0.387 e. The lowest BCUT2D eigenvalue weighted by Crippen LogP contribution is -2.44. The Morgan fingerprint density at radius 3 is 2.81 bits per heavy atom. The molecule has 4 heterocycles. The number of amides is 2. The van der Waals surface area contributed by atoms with Crippen molar-refractivity contribution in [1.29, 1.82) is 0 Å². The Balaban J connectivity index is 1.41. The van der Waals surface area contributed by atoms with Crippen LogP contribution in [0.15, 0.2) is 18.0 Å². The fourth-order valence-corrected chi connectivity index (χ4v) is 4.74. The van der Waals surface area contributed by atoms with E-state index in [2.05, 4.69) is 37.1 Å². The van der Waals surface area contributed by atoms with E-state index in [1.54, 1.807) is 16.6 Å². The number of nitrogens with two attached hydrogens (primary N) is 1. The molecule has 188 valence electrons. The smallest absolute Gasteiger partial charge is 0.266 e. The second kappa shape index (κ2) is 9.78. The maximum atomic E-state index is 12.9. The third-order valence-electron chi connectivity index (χ3n) is 6.33. The molecule has 13 nitrogen and oxygen atoms in total. The fourth-order valence-electron chi connectivity index (χ4n) is 4.16. The normalized spacial score (nSPS) is 23.6. The van der Waals surface area contributed by atoms with Gasteiger partial charge >= 0.3 is 0 Å². The molecule has 1 unspecified atom stereocenters. The third kappa shape index (κ3) is 4.26. The summed E-state index contributed by atoms with van der Waals surface area (Å²) in [7, 11) is 1.40. The van der Waals surface area contributed by atoms with Crippen LogP contribution in [0.1, 0.15) is 41.0 Å². The second-order valence-electron chi connectivity index (χ2n) is 8.48. The van der Waals surface area contributed by atoms with Crippen molar-refractivity contribution < 1.29 is 24.5 Å². The number of nitrogens with one attached hydrogen (secondary N) is 1. The summed E-state index contributed by atoms with van der Waals surface area (Å²) in [6, 6.07) is 0.129. The number of aliphatic hydroxyl groups excluding tert-OH is 2.